The molecule has 14 heteroatoms. The zero-order valence-corrected chi connectivity index (χ0v) is 22.5. The summed E-state index contributed by atoms with van der Waals surface area (Å²) in [6.45, 7) is 12.4. The Morgan fingerprint density at radius 1 is 1.29 bits per heavy atom. The Hall–Kier alpha value is -0.685. The first-order valence-electron chi connectivity index (χ1n) is 11.1. The highest BCUT2D eigenvalue weighted by molar-refractivity contribution is 7.63. The second-order valence-corrected chi connectivity index (χ2v) is 14.3. The number of carbonyl (C=O) groups excluding carboxylic acids is 1. The maximum Gasteiger partial charge on any atom is 0.471 e. The van der Waals surface area contributed by atoms with Gasteiger partial charge in [0.2, 0.25) is 0 Å². The van der Waals surface area contributed by atoms with Crippen molar-refractivity contribution in [3.05, 3.63) is 0 Å². The molecule has 1 saturated heterocycles. The maximum atomic E-state index is 13.0. The van der Waals surface area contributed by atoms with Crippen LogP contribution in [0.3, 0.4) is 0 Å². The van der Waals surface area contributed by atoms with Crippen LogP contribution in [0.15, 0.2) is 0 Å². The number of nitrogens with zero attached hydrogens (tertiary/aromatic N) is 2. The predicted octanol–water partition coefficient (Wildman–Crippen LogP) is 3.99. The average molecular weight is 527 g/mol. The van der Waals surface area contributed by atoms with Gasteiger partial charge in [-0.3, -0.25) is 4.79 Å². The molecule has 0 aromatic carbocycles. The van der Waals surface area contributed by atoms with Crippen molar-refractivity contribution in [1.29, 1.82) is 5.26 Å². The van der Waals surface area contributed by atoms with Gasteiger partial charge in [-0.1, -0.05) is 6.92 Å². The molecule has 0 aromatic heterocycles. The Morgan fingerprint density at radius 2 is 1.85 bits per heavy atom. The number of hydrogen-bond donors (Lipinski definition) is 1. The van der Waals surface area contributed by atoms with Crippen molar-refractivity contribution in [1.82, 2.24) is 9.99 Å². The first kappa shape index (κ1) is 31.3. The molecule has 1 rings (SSSR count). The molecule has 4 unspecified atom stereocenters. The van der Waals surface area contributed by atoms with E-state index < -0.39 is 57.7 Å². The van der Waals surface area contributed by atoms with Crippen molar-refractivity contribution in [3.63, 3.8) is 0 Å². The van der Waals surface area contributed by atoms with Crippen LogP contribution in [-0.4, -0.2) is 86.5 Å². The molecule has 0 bridgehead atoms. The molecule has 194 valence electrons. The molecule has 0 aromatic rings. The number of halogens is 3. The van der Waals surface area contributed by atoms with Gasteiger partial charge in [-0.05, 0) is 41.0 Å². The van der Waals surface area contributed by atoms with Gasteiger partial charge in [0.15, 0.2) is 0 Å². The molecule has 1 heterocycles. The molecule has 34 heavy (non-hydrogen) atoms. The number of nitrogens with one attached hydrogen (secondary N) is 1. The normalized spacial score (nSPS) is 24.3. The average Bonchev–Trinajstić information content (AvgIpc) is 3.03. The minimum Gasteiger partial charge on any atom is -0.380 e. The molecule has 8 nitrogen and oxygen atoms in total. The largest absolute Gasteiger partial charge is 0.471 e. The summed E-state index contributed by atoms with van der Waals surface area (Å²) in [6.07, 6.45) is -6.56. The van der Waals surface area contributed by atoms with Crippen molar-refractivity contribution in [2.24, 2.45) is 0 Å². The van der Waals surface area contributed by atoms with Gasteiger partial charge in [0.1, 0.15) is 7.85 Å². The van der Waals surface area contributed by atoms with Crippen LogP contribution in [-0.2, 0) is 23.1 Å². The molecule has 6 atom stereocenters. The zero-order valence-electron chi connectivity index (χ0n) is 20.7. The Kier molecular flexibility index (Phi) is 12.0. The fourth-order valence-electron chi connectivity index (χ4n) is 3.60. The van der Waals surface area contributed by atoms with Crippen LogP contribution in [0.2, 0.25) is 0 Å². The number of nitriles is 1. The maximum absolute atomic E-state index is 13.0. The van der Waals surface area contributed by atoms with E-state index in [0.717, 1.165) is 0 Å². The van der Waals surface area contributed by atoms with E-state index in [1.165, 1.54) is 20.3 Å². The lowest BCUT2D eigenvalue weighted by atomic mass is 9.93. The van der Waals surface area contributed by atoms with Gasteiger partial charge in [0.05, 0.1) is 44.5 Å². The lowest BCUT2D eigenvalue weighted by Gasteiger charge is -2.37. The lowest BCUT2D eigenvalue weighted by molar-refractivity contribution is -0.175. The molecular formula is C20H35BF3N3O5P2. The van der Waals surface area contributed by atoms with Gasteiger partial charge in [0.25, 0.3) is 8.53 Å². The van der Waals surface area contributed by atoms with E-state index >= 15 is 0 Å². The Bertz CT molecular complexity index is 755. The number of hydrogen-bond acceptors (Lipinski definition) is 7. The predicted molar refractivity (Wildman–Crippen MR) is 126 cm³/mol. The van der Waals surface area contributed by atoms with E-state index in [4.69, 9.17) is 26.9 Å². The van der Waals surface area contributed by atoms with Crippen LogP contribution in [0.5, 0.6) is 0 Å². The summed E-state index contributed by atoms with van der Waals surface area (Å²) < 4.78 is 71.3. The summed E-state index contributed by atoms with van der Waals surface area (Å²) in [7, 11) is 1.55. The van der Waals surface area contributed by atoms with Crippen LogP contribution in [0.1, 0.15) is 47.5 Å². The molecule has 2 radical (unpaired) electrons. The number of rotatable bonds is 12. The number of ether oxygens (including phenoxy) is 1. The lowest BCUT2D eigenvalue weighted by Crippen LogP contribution is -2.53. The highest BCUT2D eigenvalue weighted by Gasteiger charge is 2.47. The highest BCUT2D eigenvalue weighted by Crippen LogP contribution is 2.50. The number of carbonyl (C=O) groups is 1. The van der Waals surface area contributed by atoms with Crippen LogP contribution >= 0.6 is 15.7 Å². The van der Waals surface area contributed by atoms with Gasteiger partial charge in [-0.25, -0.2) is 4.67 Å². The zero-order chi connectivity index (χ0) is 26.4. The molecule has 0 aliphatic carbocycles. The van der Waals surface area contributed by atoms with Crippen LogP contribution < -0.4 is 5.32 Å². The third-order valence-electron chi connectivity index (χ3n) is 5.51. The second kappa shape index (κ2) is 13.0. The van der Waals surface area contributed by atoms with E-state index in [0.29, 0.717) is 0 Å². The Morgan fingerprint density at radius 3 is 2.29 bits per heavy atom. The molecule has 1 aliphatic heterocycles. The summed E-state index contributed by atoms with van der Waals surface area (Å²) in [5.41, 5.74) is -0.800. The third kappa shape index (κ3) is 9.07. The molecule has 0 spiro atoms. The van der Waals surface area contributed by atoms with Crippen LogP contribution in [0.4, 0.5) is 13.2 Å². The van der Waals surface area contributed by atoms with Crippen molar-refractivity contribution in [2.45, 2.75) is 95.6 Å². The quantitative estimate of drug-likeness (QED) is 0.233. The third-order valence-corrected chi connectivity index (χ3v) is 9.95. The fraction of sp³-hybridized carbons (Fsp3) is 0.900. The first-order valence-corrected chi connectivity index (χ1v) is 14.9. The SMILES string of the molecule is [B][C@@H]1O[C@H](C(NC(=O)C(F)(F)F)C(C)P(C)(C)=O)CC1OP(OCCC#N)N(C(C)C)C(C)C. The van der Waals surface area contributed by atoms with Gasteiger partial charge >= 0.3 is 12.1 Å². The van der Waals surface area contributed by atoms with Gasteiger partial charge < -0.3 is 23.7 Å². The molecule has 1 fully saturated rings. The Labute approximate surface area is 203 Å². The van der Waals surface area contributed by atoms with E-state index in [-0.39, 0.29) is 31.5 Å². The molecule has 1 amide bonds. The fourth-order valence-corrected chi connectivity index (χ4v) is 6.38. The standard InChI is InChI=1S/C20H35BF3N3O5P2/c1-12(2)27(13(3)4)33(30-10-8-9-25)32-16-11-15(31-18(16)21)17(14(5)34(6,7)29)26-19(28)20(22,23)24/h12-18H,8,10-11H2,1-7H3,(H,26,28)/t14?,15-,16?,17?,18+,33?/m0/s1. The van der Waals surface area contributed by atoms with Gasteiger partial charge in [-0.15, -0.1) is 0 Å². The summed E-state index contributed by atoms with van der Waals surface area (Å²) in [4.78, 5) is 11.7. The second-order valence-electron chi connectivity index (χ2n) is 9.24. The number of amides is 1. The Balaban J connectivity index is 3.13. The van der Waals surface area contributed by atoms with Crippen LogP contribution in [0.25, 0.3) is 0 Å². The van der Waals surface area contributed by atoms with Crippen LogP contribution in [0, 0.1) is 11.3 Å². The summed E-state index contributed by atoms with van der Waals surface area (Å²) >= 11 is 0. The molecule has 0 saturated carbocycles. The smallest absolute Gasteiger partial charge is 0.380 e. The van der Waals surface area contributed by atoms with Crippen molar-refractivity contribution in [2.75, 3.05) is 19.9 Å². The summed E-state index contributed by atoms with van der Waals surface area (Å²) in [5, 5.41) is 10.8. The first-order chi connectivity index (χ1) is 15.5. The van der Waals surface area contributed by atoms with E-state index in [1.54, 1.807) is 0 Å². The van der Waals surface area contributed by atoms with E-state index in [2.05, 4.69) is 0 Å². The minimum atomic E-state index is -5.10. The summed E-state index contributed by atoms with van der Waals surface area (Å²) in [5.74, 6) is -2.13. The van der Waals surface area contributed by atoms with Gasteiger partial charge in [-0.2, -0.15) is 18.4 Å². The highest BCUT2D eigenvalue weighted by atomic mass is 31.2. The minimum absolute atomic E-state index is 0.0347. The molecule has 1 N–H and O–H groups in total. The van der Waals surface area contributed by atoms with Crippen molar-refractivity contribution < 1.29 is 36.3 Å². The number of alkyl halides is 3. The summed E-state index contributed by atoms with van der Waals surface area (Å²) in [6, 6.07) is -0.113. The van der Waals surface area contributed by atoms with E-state index in [1.807, 2.05) is 43.8 Å². The van der Waals surface area contributed by atoms with Crippen molar-refractivity contribution >= 4 is 29.4 Å². The topological polar surface area (TPSA) is 101 Å². The molecule has 1 aliphatic rings. The molecular weight excluding hydrogens is 492 g/mol. The van der Waals surface area contributed by atoms with Crippen molar-refractivity contribution in [3.8, 4) is 6.07 Å². The monoisotopic (exact) mass is 527 g/mol. The van der Waals surface area contributed by atoms with E-state index in [9.17, 15) is 22.5 Å². The van der Waals surface area contributed by atoms with Gasteiger partial charge in [0, 0.05) is 30.2 Å².